The number of nitrogens with zero attached hydrogens (tertiary/aromatic N) is 3. The van der Waals surface area contributed by atoms with Gasteiger partial charge in [0.2, 0.25) is 5.91 Å². The average molecular weight is 527 g/mol. The minimum atomic E-state index is 0. The van der Waals surface area contributed by atoms with Gasteiger partial charge in [0.05, 0.1) is 13.1 Å². The smallest absolute Gasteiger partial charge is 0.241 e. The Bertz CT molecular complexity index is 682. The molecule has 2 N–H and O–H groups in total. The fourth-order valence-corrected chi connectivity index (χ4v) is 4.05. The van der Waals surface area contributed by atoms with Gasteiger partial charge >= 0.3 is 0 Å². The molecular formula is C23H38IN5O. The monoisotopic (exact) mass is 527 g/mol. The quantitative estimate of drug-likeness (QED) is 0.325. The van der Waals surface area contributed by atoms with Gasteiger partial charge in [-0.25, -0.2) is 4.99 Å². The van der Waals surface area contributed by atoms with Gasteiger partial charge in [-0.15, -0.1) is 24.0 Å². The summed E-state index contributed by atoms with van der Waals surface area (Å²) < 4.78 is 0. The molecule has 2 aliphatic heterocycles. The standard InChI is InChI=1S/C23H37N5O.HI/c1-3-24-23(26-17-22(29)28-11-4-5-12-28)25-16-20-7-6-8-21(15-20)18-27-13-9-19(2)10-14-27;/h6-8,15,19H,3-5,9-14,16-18H2,1-2H3,(H2,24,25,26);1H. The molecule has 2 aliphatic rings. The molecule has 1 amide bonds. The maximum absolute atomic E-state index is 12.3. The molecule has 0 unspecified atom stereocenters. The van der Waals surface area contributed by atoms with Crippen LogP contribution >= 0.6 is 24.0 Å². The fraction of sp³-hybridized carbons (Fsp3) is 0.652. The molecule has 2 fully saturated rings. The topological polar surface area (TPSA) is 60.0 Å². The van der Waals surface area contributed by atoms with E-state index < -0.39 is 0 Å². The van der Waals surface area contributed by atoms with Crippen LogP contribution in [0.5, 0.6) is 0 Å². The summed E-state index contributed by atoms with van der Waals surface area (Å²) in [7, 11) is 0. The van der Waals surface area contributed by atoms with E-state index in [2.05, 4.69) is 46.7 Å². The van der Waals surface area contributed by atoms with Gasteiger partial charge < -0.3 is 15.5 Å². The second kappa shape index (κ2) is 13.1. The number of carbonyl (C=O) groups excluding carboxylic acids is 1. The van der Waals surface area contributed by atoms with Crippen molar-refractivity contribution in [3.63, 3.8) is 0 Å². The highest BCUT2D eigenvalue weighted by Crippen LogP contribution is 2.18. The molecule has 0 bridgehead atoms. The van der Waals surface area contributed by atoms with Crippen molar-refractivity contribution in [2.75, 3.05) is 39.3 Å². The molecule has 0 atom stereocenters. The normalized spacial score (nSPS) is 18.2. The van der Waals surface area contributed by atoms with Crippen molar-refractivity contribution in [3.05, 3.63) is 35.4 Å². The van der Waals surface area contributed by atoms with E-state index >= 15 is 0 Å². The second-order valence-electron chi connectivity index (χ2n) is 8.42. The van der Waals surface area contributed by atoms with Crippen LogP contribution in [0.3, 0.4) is 0 Å². The van der Waals surface area contributed by atoms with Crippen LogP contribution in [0.2, 0.25) is 0 Å². The van der Waals surface area contributed by atoms with Gasteiger partial charge in [0.1, 0.15) is 0 Å². The Balaban J connectivity index is 0.00000320. The minimum Gasteiger partial charge on any atom is -0.357 e. The number of benzene rings is 1. The summed E-state index contributed by atoms with van der Waals surface area (Å²) in [6.45, 7) is 11.3. The number of hydrogen-bond donors (Lipinski definition) is 2. The van der Waals surface area contributed by atoms with Crippen LogP contribution < -0.4 is 10.6 Å². The lowest BCUT2D eigenvalue weighted by Crippen LogP contribution is -2.44. The lowest BCUT2D eigenvalue weighted by molar-refractivity contribution is -0.128. The number of carbonyl (C=O) groups is 1. The number of likely N-dealkylation sites (tertiary alicyclic amines) is 2. The summed E-state index contributed by atoms with van der Waals surface area (Å²) in [5.74, 6) is 1.72. The number of hydrogen-bond acceptors (Lipinski definition) is 3. The number of guanidine groups is 1. The molecule has 3 rings (SSSR count). The Morgan fingerprint density at radius 1 is 1.10 bits per heavy atom. The molecule has 0 aromatic heterocycles. The van der Waals surface area contributed by atoms with Crippen LogP contribution in [0.1, 0.15) is 50.7 Å². The van der Waals surface area contributed by atoms with Crippen molar-refractivity contribution in [2.24, 2.45) is 10.9 Å². The Morgan fingerprint density at radius 3 is 2.50 bits per heavy atom. The van der Waals surface area contributed by atoms with Crippen molar-refractivity contribution in [2.45, 2.75) is 52.6 Å². The third-order valence-corrected chi connectivity index (χ3v) is 5.90. The van der Waals surface area contributed by atoms with E-state index in [0.29, 0.717) is 19.0 Å². The number of rotatable bonds is 7. The first-order chi connectivity index (χ1) is 14.1. The van der Waals surface area contributed by atoms with Crippen molar-refractivity contribution in [3.8, 4) is 0 Å². The zero-order valence-electron chi connectivity index (χ0n) is 18.5. The highest BCUT2D eigenvalue weighted by molar-refractivity contribution is 14.0. The SMILES string of the molecule is CCNC(=NCc1cccc(CN2CCC(C)CC2)c1)NCC(=O)N1CCCC1.I. The van der Waals surface area contributed by atoms with Crippen molar-refractivity contribution in [1.29, 1.82) is 0 Å². The third kappa shape index (κ3) is 8.06. The zero-order chi connectivity index (χ0) is 20.5. The molecule has 30 heavy (non-hydrogen) atoms. The lowest BCUT2D eigenvalue weighted by Gasteiger charge is -2.30. The van der Waals surface area contributed by atoms with Crippen LogP contribution in [0, 0.1) is 5.92 Å². The molecule has 0 spiro atoms. The van der Waals surface area contributed by atoms with E-state index in [1.807, 2.05) is 11.8 Å². The van der Waals surface area contributed by atoms with Gasteiger partial charge in [-0.3, -0.25) is 9.69 Å². The molecular weight excluding hydrogens is 489 g/mol. The maximum atomic E-state index is 12.3. The molecule has 7 heteroatoms. The lowest BCUT2D eigenvalue weighted by atomic mass is 9.98. The second-order valence-corrected chi connectivity index (χ2v) is 8.42. The van der Waals surface area contributed by atoms with Crippen LogP contribution in [-0.4, -0.2) is 60.9 Å². The first kappa shape index (κ1) is 24.9. The van der Waals surface area contributed by atoms with Gasteiger partial charge in [0, 0.05) is 26.2 Å². The van der Waals surface area contributed by atoms with Crippen molar-refractivity contribution in [1.82, 2.24) is 20.4 Å². The van der Waals surface area contributed by atoms with Gasteiger partial charge in [0.15, 0.2) is 5.96 Å². The molecule has 6 nitrogen and oxygen atoms in total. The Kier molecular flexibility index (Phi) is 10.9. The Morgan fingerprint density at radius 2 is 1.80 bits per heavy atom. The van der Waals surface area contributed by atoms with E-state index in [9.17, 15) is 4.79 Å². The summed E-state index contributed by atoms with van der Waals surface area (Å²) in [4.78, 5) is 21.4. The molecule has 1 aromatic carbocycles. The number of nitrogens with one attached hydrogen (secondary N) is 2. The van der Waals surface area contributed by atoms with Gasteiger partial charge in [0.25, 0.3) is 0 Å². The van der Waals surface area contributed by atoms with E-state index in [0.717, 1.165) is 44.9 Å². The van der Waals surface area contributed by atoms with E-state index in [1.54, 1.807) is 0 Å². The molecule has 0 saturated carbocycles. The number of aliphatic imine (C=N–C) groups is 1. The average Bonchev–Trinajstić information content (AvgIpc) is 3.27. The summed E-state index contributed by atoms with van der Waals surface area (Å²) >= 11 is 0. The zero-order valence-corrected chi connectivity index (χ0v) is 20.9. The molecule has 1 aromatic rings. The summed E-state index contributed by atoms with van der Waals surface area (Å²) in [5, 5.41) is 6.43. The van der Waals surface area contributed by atoms with E-state index in [-0.39, 0.29) is 29.9 Å². The number of amides is 1. The highest BCUT2D eigenvalue weighted by atomic mass is 127. The molecule has 2 saturated heterocycles. The third-order valence-electron chi connectivity index (χ3n) is 5.90. The molecule has 0 radical (unpaired) electrons. The predicted molar refractivity (Wildman–Crippen MR) is 134 cm³/mol. The number of piperidine rings is 1. The molecule has 168 valence electrons. The van der Waals surface area contributed by atoms with Gasteiger partial charge in [-0.1, -0.05) is 31.2 Å². The van der Waals surface area contributed by atoms with Crippen molar-refractivity contribution >= 4 is 35.8 Å². The first-order valence-corrected chi connectivity index (χ1v) is 11.2. The van der Waals surface area contributed by atoms with E-state index in [4.69, 9.17) is 4.99 Å². The minimum absolute atomic E-state index is 0. The van der Waals surface area contributed by atoms with Gasteiger partial charge in [-0.05, 0) is 62.7 Å². The predicted octanol–water partition coefficient (Wildman–Crippen LogP) is 3.21. The van der Waals surface area contributed by atoms with E-state index in [1.165, 1.54) is 37.1 Å². The summed E-state index contributed by atoms with van der Waals surface area (Å²) in [5.41, 5.74) is 2.56. The van der Waals surface area contributed by atoms with Crippen LogP contribution in [0.25, 0.3) is 0 Å². The molecule has 0 aliphatic carbocycles. The van der Waals surface area contributed by atoms with Gasteiger partial charge in [-0.2, -0.15) is 0 Å². The van der Waals surface area contributed by atoms with Crippen LogP contribution in [0.4, 0.5) is 0 Å². The Hall–Kier alpha value is -1.35. The van der Waals surface area contributed by atoms with Crippen LogP contribution in [-0.2, 0) is 17.9 Å². The number of halogens is 1. The largest absolute Gasteiger partial charge is 0.357 e. The molecule has 2 heterocycles. The maximum Gasteiger partial charge on any atom is 0.241 e. The summed E-state index contributed by atoms with van der Waals surface area (Å²) in [6.07, 6.45) is 4.84. The van der Waals surface area contributed by atoms with Crippen molar-refractivity contribution < 1.29 is 4.79 Å². The fourth-order valence-electron chi connectivity index (χ4n) is 4.05. The Labute approximate surface area is 198 Å². The summed E-state index contributed by atoms with van der Waals surface area (Å²) in [6, 6.07) is 8.73. The highest BCUT2D eigenvalue weighted by Gasteiger charge is 2.18. The first-order valence-electron chi connectivity index (χ1n) is 11.2. The van der Waals surface area contributed by atoms with Crippen LogP contribution in [0.15, 0.2) is 29.3 Å².